The van der Waals surface area contributed by atoms with E-state index in [4.69, 9.17) is 16.0 Å². The first-order valence-corrected chi connectivity index (χ1v) is 13.1. The number of amides is 1. The fourth-order valence-electron chi connectivity index (χ4n) is 3.07. The van der Waals surface area contributed by atoms with Gasteiger partial charge in [-0.25, -0.2) is 8.42 Å². The maximum absolute atomic E-state index is 13.3. The molecule has 9 heteroatoms. The van der Waals surface area contributed by atoms with E-state index in [0.29, 0.717) is 22.8 Å². The van der Waals surface area contributed by atoms with Crippen LogP contribution < -0.4 is 9.62 Å². The first kappa shape index (κ1) is 24.2. The average molecular weight is 493 g/mol. The van der Waals surface area contributed by atoms with E-state index in [2.05, 4.69) is 5.32 Å². The third-order valence-corrected chi connectivity index (χ3v) is 7.73. The second kappa shape index (κ2) is 11.4. The lowest BCUT2D eigenvalue weighted by atomic mass is 10.2. The number of halogens is 1. The van der Waals surface area contributed by atoms with Gasteiger partial charge in [0.25, 0.3) is 10.0 Å². The van der Waals surface area contributed by atoms with Crippen LogP contribution in [0.15, 0.2) is 76.2 Å². The third kappa shape index (κ3) is 6.54. The summed E-state index contributed by atoms with van der Waals surface area (Å²) in [5.41, 5.74) is 1.08. The van der Waals surface area contributed by atoms with Gasteiger partial charge < -0.3 is 9.73 Å². The van der Waals surface area contributed by atoms with Crippen LogP contribution in [0.4, 0.5) is 5.69 Å². The van der Waals surface area contributed by atoms with Crippen molar-refractivity contribution >= 4 is 45.0 Å². The summed E-state index contributed by atoms with van der Waals surface area (Å²) in [4.78, 5) is 12.8. The number of nitrogens with one attached hydrogen (secondary N) is 1. The van der Waals surface area contributed by atoms with Gasteiger partial charge in [0.2, 0.25) is 5.91 Å². The average Bonchev–Trinajstić information content (AvgIpc) is 3.29. The van der Waals surface area contributed by atoms with Crippen LogP contribution in [0.3, 0.4) is 0 Å². The summed E-state index contributed by atoms with van der Waals surface area (Å²) in [6.45, 7) is 1.91. The molecule has 32 heavy (non-hydrogen) atoms. The lowest BCUT2D eigenvalue weighted by molar-refractivity contribution is -0.119. The van der Waals surface area contributed by atoms with Crippen LogP contribution in [0.2, 0.25) is 5.02 Å². The molecule has 0 aliphatic carbocycles. The molecule has 170 valence electrons. The number of aryl methyl sites for hydroxylation is 1. The molecule has 1 aromatic heterocycles. The molecule has 1 heterocycles. The number of nitrogens with zero attached hydrogens (tertiary/aromatic N) is 1. The normalized spacial score (nSPS) is 11.3. The van der Waals surface area contributed by atoms with Crippen molar-refractivity contribution in [1.82, 2.24) is 5.32 Å². The van der Waals surface area contributed by atoms with Gasteiger partial charge in [0.15, 0.2) is 0 Å². The van der Waals surface area contributed by atoms with Crippen molar-refractivity contribution in [3.05, 3.63) is 83.3 Å². The number of rotatable bonds is 11. The highest BCUT2D eigenvalue weighted by molar-refractivity contribution is 7.98. The summed E-state index contributed by atoms with van der Waals surface area (Å²) < 4.78 is 33.1. The van der Waals surface area contributed by atoms with E-state index in [1.54, 1.807) is 61.3 Å². The highest BCUT2D eigenvalue weighted by Crippen LogP contribution is 2.28. The molecule has 2 aromatic carbocycles. The first-order chi connectivity index (χ1) is 15.4. The molecule has 3 aromatic rings. The number of carbonyl (C=O) groups is 1. The highest BCUT2D eigenvalue weighted by atomic mass is 35.5. The number of hydrogen-bond acceptors (Lipinski definition) is 5. The van der Waals surface area contributed by atoms with Gasteiger partial charge in [0.05, 0.1) is 22.6 Å². The van der Waals surface area contributed by atoms with Crippen molar-refractivity contribution < 1.29 is 17.6 Å². The second-order valence-corrected chi connectivity index (χ2v) is 10.5. The number of benzene rings is 2. The number of anilines is 1. The van der Waals surface area contributed by atoms with Crippen LogP contribution in [0, 0.1) is 6.92 Å². The largest absolute Gasteiger partial charge is 0.468 e. The summed E-state index contributed by atoms with van der Waals surface area (Å²) in [5.74, 6) is 2.18. The molecule has 1 N–H and O–H groups in total. The molecular weight excluding hydrogens is 468 g/mol. The molecule has 6 nitrogen and oxygen atoms in total. The SMILES string of the molecule is Cc1cc(Cl)ccc1N(CC(=O)NCCCSCc1ccco1)S(=O)(=O)c1ccccc1. The molecule has 0 aliphatic heterocycles. The van der Waals surface area contributed by atoms with Crippen molar-refractivity contribution in [3.8, 4) is 0 Å². The van der Waals surface area contributed by atoms with Gasteiger partial charge in [-0.1, -0.05) is 29.8 Å². The van der Waals surface area contributed by atoms with Crippen molar-refractivity contribution in [3.63, 3.8) is 0 Å². The summed E-state index contributed by atoms with van der Waals surface area (Å²) in [7, 11) is -3.93. The van der Waals surface area contributed by atoms with Gasteiger partial charge in [0, 0.05) is 11.6 Å². The molecule has 0 spiro atoms. The quantitative estimate of drug-likeness (QED) is 0.386. The van der Waals surface area contributed by atoms with Gasteiger partial charge in [-0.05, 0) is 67.1 Å². The minimum atomic E-state index is -3.93. The topological polar surface area (TPSA) is 79.6 Å². The lowest BCUT2D eigenvalue weighted by Crippen LogP contribution is -2.41. The summed E-state index contributed by atoms with van der Waals surface area (Å²) in [6, 6.07) is 16.8. The Morgan fingerprint density at radius 2 is 1.91 bits per heavy atom. The van der Waals surface area contributed by atoms with Crippen molar-refractivity contribution in [2.45, 2.75) is 24.0 Å². The first-order valence-electron chi connectivity index (χ1n) is 10.1. The Morgan fingerprint density at radius 3 is 2.59 bits per heavy atom. The van der Waals surface area contributed by atoms with Gasteiger partial charge >= 0.3 is 0 Å². The Labute approximate surface area is 198 Å². The van der Waals surface area contributed by atoms with E-state index in [1.165, 1.54) is 12.1 Å². The zero-order chi connectivity index (χ0) is 23.0. The van der Waals surface area contributed by atoms with Crippen LogP contribution in [0.1, 0.15) is 17.7 Å². The van der Waals surface area contributed by atoms with Crippen LogP contribution in [-0.4, -0.2) is 33.2 Å². The third-order valence-electron chi connectivity index (χ3n) is 4.66. The number of hydrogen-bond donors (Lipinski definition) is 1. The molecule has 0 atom stereocenters. The zero-order valence-electron chi connectivity index (χ0n) is 17.7. The second-order valence-electron chi connectivity index (χ2n) is 7.09. The summed E-state index contributed by atoms with van der Waals surface area (Å²) >= 11 is 7.76. The standard InChI is InChI=1S/C23H25ClN2O4S2/c1-18-15-19(24)10-11-22(18)26(32(28,29)21-8-3-2-4-9-21)16-23(27)25-12-6-14-31-17-20-7-5-13-30-20/h2-5,7-11,13,15H,6,12,14,16-17H2,1H3,(H,25,27). The molecule has 0 fully saturated rings. The van der Waals surface area contributed by atoms with Gasteiger partial charge in [-0.3, -0.25) is 9.10 Å². The number of furan rings is 1. The van der Waals surface area contributed by atoms with E-state index in [-0.39, 0.29) is 17.3 Å². The predicted octanol–water partition coefficient (Wildman–Crippen LogP) is 4.88. The molecule has 0 saturated carbocycles. The number of thioether (sulfide) groups is 1. The van der Waals surface area contributed by atoms with Crippen LogP contribution in [0.5, 0.6) is 0 Å². The van der Waals surface area contributed by atoms with Crippen molar-refractivity contribution in [2.75, 3.05) is 23.1 Å². The zero-order valence-corrected chi connectivity index (χ0v) is 20.0. The van der Waals surface area contributed by atoms with E-state index < -0.39 is 10.0 Å². The van der Waals surface area contributed by atoms with E-state index in [9.17, 15) is 13.2 Å². The smallest absolute Gasteiger partial charge is 0.264 e. The molecule has 1 amide bonds. The molecule has 0 radical (unpaired) electrons. The van der Waals surface area contributed by atoms with Gasteiger partial charge in [-0.15, -0.1) is 0 Å². The van der Waals surface area contributed by atoms with Gasteiger partial charge in [-0.2, -0.15) is 11.8 Å². The van der Waals surface area contributed by atoms with Crippen molar-refractivity contribution in [2.24, 2.45) is 0 Å². The Hall–Kier alpha value is -2.42. The van der Waals surface area contributed by atoms with Crippen LogP contribution in [-0.2, 0) is 20.6 Å². The molecule has 0 unspecified atom stereocenters. The Balaban J connectivity index is 1.64. The van der Waals surface area contributed by atoms with Crippen LogP contribution >= 0.6 is 23.4 Å². The molecular formula is C23H25ClN2O4S2. The predicted molar refractivity (Wildman–Crippen MR) is 130 cm³/mol. The fraction of sp³-hybridized carbons (Fsp3) is 0.261. The molecule has 0 bridgehead atoms. The minimum absolute atomic E-state index is 0.122. The molecule has 0 aliphatic rings. The summed E-state index contributed by atoms with van der Waals surface area (Å²) in [5, 5.41) is 3.32. The minimum Gasteiger partial charge on any atom is -0.468 e. The Bertz CT molecular complexity index is 1120. The molecule has 3 rings (SSSR count). The van der Waals surface area contributed by atoms with E-state index in [0.717, 1.165) is 28.0 Å². The lowest BCUT2D eigenvalue weighted by Gasteiger charge is -2.25. The number of carbonyl (C=O) groups excluding carboxylic acids is 1. The Morgan fingerprint density at radius 1 is 1.12 bits per heavy atom. The monoisotopic (exact) mass is 492 g/mol. The number of sulfonamides is 1. The van der Waals surface area contributed by atoms with E-state index >= 15 is 0 Å². The fourth-order valence-corrected chi connectivity index (χ4v) is 5.67. The summed E-state index contributed by atoms with van der Waals surface area (Å²) in [6.07, 6.45) is 2.41. The van der Waals surface area contributed by atoms with E-state index in [1.807, 2.05) is 12.1 Å². The van der Waals surface area contributed by atoms with Crippen molar-refractivity contribution in [1.29, 1.82) is 0 Å². The molecule has 0 saturated heterocycles. The maximum atomic E-state index is 13.3. The maximum Gasteiger partial charge on any atom is 0.264 e. The van der Waals surface area contributed by atoms with Crippen LogP contribution in [0.25, 0.3) is 0 Å². The van der Waals surface area contributed by atoms with Gasteiger partial charge in [0.1, 0.15) is 12.3 Å². The Kier molecular flexibility index (Phi) is 8.67. The highest BCUT2D eigenvalue weighted by Gasteiger charge is 2.28.